The standard InChI is InChI=1S/C17H11NO3S2/c19-16-15(8-11-4-2-1-3-5-11)23-17(22)18(16)12-6-7-13-14(9-12)21-10-20-13/h1-9H,10H2. The molecular formula is C17H11NO3S2. The van der Waals surface area contributed by atoms with Crippen molar-refractivity contribution in [1.29, 1.82) is 0 Å². The number of hydrogen-bond acceptors (Lipinski definition) is 5. The second-order valence-corrected chi connectivity index (χ2v) is 6.64. The second-order valence-electron chi connectivity index (χ2n) is 4.97. The van der Waals surface area contributed by atoms with Gasteiger partial charge < -0.3 is 9.47 Å². The van der Waals surface area contributed by atoms with E-state index in [-0.39, 0.29) is 12.7 Å². The topological polar surface area (TPSA) is 38.8 Å². The Morgan fingerprint density at radius 3 is 2.70 bits per heavy atom. The smallest absolute Gasteiger partial charge is 0.270 e. The fourth-order valence-corrected chi connectivity index (χ4v) is 3.71. The number of hydrogen-bond donors (Lipinski definition) is 0. The molecule has 2 aromatic carbocycles. The van der Waals surface area contributed by atoms with Gasteiger partial charge in [0.2, 0.25) is 6.79 Å². The number of ether oxygens (including phenoxy) is 2. The van der Waals surface area contributed by atoms with Gasteiger partial charge in [0.25, 0.3) is 5.91 Å². The van der Waals surface area contributed by atoms with Gasteiger partial charge >= 0.3 is 0 Å². The van der Waals surface area contributed by atoms with Crippen LogP contribution < -0.4 is 14.4 Å². The Morgan fingerprint density at radius 1 is 1.09 bits per heavy atom. The van der Waals surface area contributed by atoms with Gasteiger partial charge in [0.1, 0.15) is 0 Å². The monoisotopic (exact) mass is 341 g/mol. The molecule has 0 aromatic heterocycles. The third-order valence-electron chi connectivity index (χ3n) is 3.51. The number of thioether (sulfide) groups is 1. The maximum Gasteiger partial charge on any atom is 0.270 e. The molecule has 23 heavy (non-hydrogen) atoms. The van der Waals surface area contributed by atoms with Crippen molar-refractivity contribution >= 4 is 46.0 Å². The van der Waals surface area contributed by atoms with Crippen LogP contribution in [0.2, 0.25) is 0 Å². The van der Waals surface area contributed by atoms with E-state index >= 15 is 0 Å². The highest BCUT2D eigenvalue weighted by molar-refractivity contribution is 8.27. The van der Waals surface area contributed by atoms with Gasteiger partial charge in [0, 0.05) is 6.07 Å². The first-order valence-corrected chi connectivity index (χ1v) is 8.17. The van der Waals surface area contributed by atoms with Gasteiger partial charge in [-0.2, -0.15) is 0 Å². The zero-order valence-corrected chi connectivity index (χ0v) is 13.5. The molecule has 0 saturated carbocycles. The van der Waals surface area contributed by atoms with Crippen molar-refractivity contribution in [2.24, 2.45) is 0 Å². The Morgan fingerprint density at radius 2 is 1.87 bits per heavy atom. The predicted molar refractivity (Wildman–Crippen MR) is 94.7 cm³/mol. The number of rotatable bonds is 2. The molecule has 2 aliphatic rings. The third kappa shape index (κ3) is 2.60. The van der Waals surface area contributed by atoms with Crippen molar-refractivity contribution in [2.45, 2.75) is 0 Å². The molecule has 6 heteroatoms. The first-order valence-electron chi connectivity index (χ1n) is 6.95. The number of nitrogens with zero attached hydrogens (tertiary/aromatic N) is 1. The minimum Gasteiger partial charge on any atom is -0.454 e. The van der Waals surface area contributed by atoms with Crippen LogP contribution in [0.15, 0.2) is 53.4 Å². The molecule has 0 N–H and O–H groups in total. The molecule has 2 aromatic rings. The lowest BCUT2D eigenvalue weighted by Crippen LogP contribution is -2.27. The van der Waals surface area contributed by atoms with Crippen molar-refractivity contribution in [3.8, 4) is 11.5 Å². The van der Waals surface area contributed by atoms with Crippen LogP contribution in [0.3, 0.4) is 0 Å². The SMILES string of the molecule is O=C1C(=Cc2ccccc2)SC(=S)N1c1ccc2c(c1)OCO2. The van der Waals surface area contributed by atoms with Crippen LogP contribution in [0.25, 0.3) is 6.08 Å². The van der Waals surface area contributed by atoms with Gasteiger partial charge in [-0.1, -0.05) is 54.3 Å². The maximum absolute atomic E-state index is 12.7. The van der Waals surface area contributed by atoms with E-state index < -0.39 is 0 Å². The Bertz CT molecular complexity index is 833. The highest BCUT2D eigenvalue weighted by Gasteiger charge is 2.34. The van der Waals surface area contributed by atoms with Gasteiger partial charge in [-0.05, 0) is 23.8 Å². The van der Waals surface area contributed by atoms with E-state index in [4.69, 9.17) is 21.7 Å². The lowest BCUT2D eigenvalue weighted by molar-refractivity contribution is -0.113. The van der Waals surface area contributed by atoms with Crippen LogP contribution in [-0.4, -0.2) is 17.0 Å². The van der Waals surface area contributed by atoms with E-state index in [1.54, 1.807) is 12.1 Å². The van der Waals surface area contributed by atoms with Gasteiger partial charge in [0.05, 0.1) is 10.6 Å². The predicted octanol–water partition coefficient (Wildman–Crippen LogP) is 3.82. The summed E-state index contributed by atoms with van der Waals surface area (Å²) < 4.78 is 11.2. The first-order chi connectivity index (χ1) is 11.2. The van der Waals surface area contributed by atoms with E-state index in [1.165, 1.54) is 16.7 Å². The molecule has 1 fully saturated rings. The molecule has 0 radical (unpaired) electrons. The van der Waals surface area contributed by atoms with Gasteiger partial charge in [0.15, 0.2) is 15.8 Å². The summed E-state index contributed by atoms with van der Waals surface area (Å²) in [6.45, 7) is 0.199. The average Bonchev–Trinajstić information content (AvgIpc) is 3.13. The first kappa shape index (κ1) is 14.3. The number of fused-ring (bicyclic) bond motifs is 1. The van der Waals surface area contributed by atoms with Gasteiger partial charge in [-0.25, -0.2) is 0 Å². The van der Waals surface area contributed by atoms with E-state index in [9.17, 15) is 4.79 Å². The van der Waals surface area contributed by atoms with Crippen molar-refractivity contribution in [1.82, 2.24) is 0 Å². The zero-order valence-electron chi connectivity index (χ0n) is 11.9. The van der Waals surface area contributed by atoms with Crippen molar-refractivity contribution in [3.63, 3.8) is 0 Å². The molecule has 2 aliphatic heterocycles. The van der Waals surface area contributed by atoms with Crippen LogP contribution in [0, 0.1) is 0 Å². The molecule has 4 rings (SSSR count). The fourth-order valence-electron chi connectivity index (χ4n) is 2.42. The van der Waals surface area contributed by atoms with Crippen molar-refractivity contribution in [2.75, 3.05) is 11.7 Å². The molecule has 2 heterocycles. The summed E-state index contributed by atoms with van der Waals surface area (Å²) in [5.74, 6) is 1.19. The molecule has 0 aliphatic carbocycles. The van der Waals surface area contributed by atoms with E-state index in [2.05, 4.69) is 0 Å². The van der Waals surface area contributed by atoms with Crippen LogP contribution in [-0.2, 0) is 4.79 Å². The Kier molecular flexibility index (Phi) is 3.55. The summed E-state index contributed by atoms with van der Waals surface area (Å²) in [5, 5.41) is 0. The normalized spacial score (nSPS) is 18.1. The molecule has 0 atom stereocenters. The highest BCUT2D eigenvalue weighted by Crippen LogP contribution is 2.40. The average molecular weight is 341 g/mol. The zero-order chi connectivity index (χ0) is 15.8. The molecule has 0 bridgehead atoms. The fraction of sp³-hybridized carbons (Fsp3) is 0.0588. The quantitative estimate of drug-likeness (QED) is 0.613. The van der Waals surface area contributed by atoms with Crippen LogP contribution in [0.5, 0.6) is 11.5 Å². The minimum atomic E-state index is -0.122. The van der Waals surface area contributed by atoms with E-state index in [0.29, 0.717) is 26.4 Å². The van der Waals surface area contributed by atoms with E-state index in [1.807, 2.05) is 42.5 Å². The molecule has 0 unspecified atom stereocenters. The van der Waals surface area contributed by atoms with Gasteiger partial charge in [-0.15, -0.1) is 0 Å². The number of anilines is 1. The summed E-state index contributed by atoms with van der Waals surface area (Å²) in [6, 6.07) is 15.1. The molecule has 4 nitrogen and oxygen atoms in total. The summed E-state index contributed by atoms with van der Waals surface area (Å²) >= 11 is 6.68. The number of carbonyl (C=O) groups is 1. The minimum absolute atomic E-state index is 0.122. The lowest BCUT2D eigenvalue weighted by Gasteiger charge is -2.14. The second kappa shape index (κ2) is 5.72. The maximum atomic E-state index is 12.7. The van der Waals surface area contributed by atoms with Gasteiger partial charge in [-0.3, -0.25) is 9.69 Å². The van der Waals surface area contributed by atoms with Crippen LogP contribution in [0.4, 0.5) is 5.69 Å². The Balaban J connectivity index is 1.67. The third-order valence-corrected chi connectivity index (χ3v) is 4.81. The summed E-state index contributed by atoms with van der Waals surface area (Å²) in [7, 11) is 0. The summed E-state index contributed by atoms with van der Waals surface area (Å²) in [5.41, 5.74) is 1.66. The molecular weight excluding hydrogens is 330 g/mol. The summed E-state index contributed by atoms with van der Waals surface area (Å²) in [6.07, 6.45) is 1.85. The highest BCUT2D eigenvalue weighted by atomic mass is 32.2. The number of thiocarbonyl (C=S) groups is 1. The number of benzene rings is 2. The Labute approximate surface area is 142 Å². The molecule has 0 spiro atoms. The van der Waals surface area contributed by atoms with E-state index in [0.717, 1.165) is 5.56 Å². The summed E-state index contributed by atoms with van der Waals surface area (Å²) in [4.78, 5) is 14.8. The molecule has 1 saturated heterocycles. The van der Waals surface area contributed by atoms with Crippen LogP contribution in [0.1, 0.15) is 5.56 Å². The van der Waals surface area contributed by atoms with Crippen molar-refractivity contribution < 1.29 is 14.3 Å². The van der Waals surface area contributed by atoms with Crippen LogP contribution >= 0.6 is 24.0 Å². The molecule has 1 amide bonds. The number of carbonyl (C=O) groups excluding carboxylic acids is 1. The van der Waals surface area contributed by atoms with Crippen molar-refractivity contribution in [3.05, 3.63) is 59.0 Å². The number of amides is 1. The Hall–Kier alpha value is -2.31. The molecule has 114 valence electrons. The largest absolute Gasteiger partial charge is 0.454 e. The lowest BCUT2D eigenvalue weighted by atomic mass is 10.2.